The van der Waals surface area contributed by atoms with Crippen LogP contribution in [0.2, 0.25) is 0 Å². The number of nitrogens with one attached hydrogen (secondary N) is 2. The summed E-state index contributed by atoms with van der Waals surface area (Å²) in [5, 5.41) is 16.9. The van der Waals surface area contributed by atoms with E-state index in [2.05, 4.69) is 48.5 Å². The molecule has 1 aliphatic heterocycles. The van der Waals surface area contributed by atoms with Gasteiger partial charge in [-0.05, 0) is 58.2 Å². The normalized spacial score (nSPS) is 20.6. The Hall–Kier alpha value is -0.550. The molecule has 1 unspecified atom stereocenters. The van der Waals surface area contributed by atoms with Crippen molar-refractivity contribution in [3.63, 3.8) is 0 Å². The van der Waals surface area contributed by atoms with E-state index in [1.165, 1.54) is 58.0 Å². The molecular weight excluding hydrogens is 521 g/mol. The molecule has 0 spiro atoms. The second-order valence-corrected chi connectivity index (χ2v) is 9.45. The first-order valence-electron chi connectivity index (χ1n) is 11.9. The molecule has 7 nitrogen and oxygen atoms in total. The molecule has 1 aliphatic carbocycles. The number of guanidine groups is 1. The van der Waals surface area contributed by atoms with Crippen molar-refractivity contribution in [1.82, 2.24) is 30.3 Å². The van der Waals surface area contributed by atoms with Crippen molar-refractivity contribution < 1.29 is 0 Å². The molecule has 3 rings (SSSR count). The lowest BCUT2D eigenvalue weighted by atomic mass is 10.0. The molecule has 2 N–H and O–H groups in total. The number of aliphatic imine (C=N–C) groups is 1. The van der Waals surface area contributed by atoms with E-state index < -0.39 is 0 Å². The standard InChI is InChI=1S/C22H41N7S.HI/c1-18-10-6-7-16-28(18)17-9-15-25-21(23-2)24-14-8-13-20-26-27-22(30-3)29(20)19-11-4-5-12-19;/h18-19H,4-17H2,1-3H3,(H2,23,24,25);1H. The molecule has 0 radical (unpaired) electrons. The maximum Gasteiger partial charge on any atom is 0.191 e. The van der Waals surface area contributed by atoms with Gasteiger partial charge in [-0.1, -0.05) is 31.0 Å². The summed E-state index contributed by atoms with van der Waals surface area (Å²) in [5.41, 5.74) is 0. The maximum atomic E-state index is 4.49. The topological polar surface area (TPSA) is 70.4 Å². The van der Waals surface area contributed by atoms with Crippen LogP contribution in [-0.2, 0) is 6.42 Å². The Balaban J connectivity index is 0.00000341. The Morgan fingerprint density at radius 3 is 2.45 bits per heavy atom. The monoisotopic (exact) mass is 563 g/mol. The molecule has 1 aromatic heterocycles. The minimum Gasteiger partial charge on any atom is -0.356 e. The van der Waals surface area contributed by atoms with Crippen molar-refractivity contribution in [2.24, 2.45) is 4.99 Å². The van der Waals surface area contributed by atoms with Gasteiger partial charge in [0.05, 0.1) is 0 Å². The summed E-state index contributed by atoms with van der Waals surface area (Å²) in [6.45, 7) is 6.67. The zero-order valence-electron chi connectivity index (χ0n) is 19.6. The molecule has 0 aromatic carbocycles. The molecule has 178 valence electrons. The first-order chi connectivity index (χ1) is 14.7. The average Bonchev–Trinajstić information content (AvgIpc) is 3.43. The van der Waals surface area contributed by atoms with Crippen LogP contribution < -0.4 is 10.6 Å². The minimum absolute atomic E-state index is 0. The van der Waals surface area contributed by atoms with Crippen LogP contribution in [0.3, 0.4) is 0 Å². The summed E-state index contributed by atoms with van der Waals surface area (Å²) in [7, 11) is 1.85. The van der Waals surface area contributed by atoms with Gasteiger partial charge in [0.1, 0.15) is 5.82 Å². The fourth-order valence-electron chi connectivity index (χ4n) is 4.80. The van der Waals surface area contributed by atoms with Gasteiger partial charge in [0.2, 0.25) is 0 Å². The van der Waals surface area contributed by atoms with Gasteiger partial charge >= 0.3 is 0 Å². The fourth-order valence-corrected chi connectivity index (χ4v) is 5.37. The molecule has 2 fully saturated rings. The van der Waals surface area contributed by atoms with Crippen LogP contribution in [0.5, 0.6) is 0 Å². The number of likely N-dealkylation sites (tertiary alicyclic amines) is 1. The van der Waals surface area contributed by atoms with Crippen LogP contribution in [0.15, 0.2) is 10.1 Å². The van der Waals surface area contributed by atoms with Crippen LogP contribution in [0.1, 0.15) is 76.6 Å². The molecular formula is C22H42IN7S. The average molecular weight is 564 g/mol. The Morgan fingerprint density at radius 1 is 1.06 bits per heavy atom. The lowest BCUT2D eigenvalue weighted by Crippen LogP contribution is -2.41. The van der Waals surface area contributed by atoms with Gasteiger partial charge in [0.25, 0.3) is 0 Å². The number of piperidine rings is 1. The van der Waals surface area contributed by atoms with Crippen molar-refractivity contribution in [3.8, 4) is 0 Å². The summed E-state index contributed by atoms with van der Waals surface area (Å²) >= 11 is 1.71. The number of rotatable bonds is 10. The van der Waals surface area contributed by atoms with Crippen LogP contribution >= 0.6 is 35.7 Å². The number of hydrogen-bond donors (Lipinski definition) is 2. The van der Waals surface area contributed by atoms with E-state index >= 15 is 0 Å². The van der Waals surface area contributed by atoms with Gasteiger partial charge in [0, 0.05) is 45.2 Å². The smallest absolute Gasteiger partial charge is 0.191 e. The predicted octanol–water partition coefficient (Wildman–Crippen LogP) is 4.10. The van der Waals surface area contributed by atoms with Crippen LogP contribution in [0.4, 0.5) is 0 Å². The lowest BCUT2D eigenvalue weighted by Gasteiger charge is -2.33. The van der Waals surface area contributed by atoms with E-state index in [9.17, 15) is 0 Å². The first kappa shape index (κ1) is 26.7. The van der Waals surface area contributed by atoms with E-state index in [1.807, 2.05) is 7.05 Å². The Bertz CT molecular complexity index is 660. The van der Waals surface area contributed by atoms with E-state index in [0.717, 1.165) is 55.3 Å². The van der Waals surface area contributed by atoms with Crippen LogP contribution in [0, 0.1) is 0 Å². The minimum atomic E-state index is 0. The van der Waals surface area contributed by atoms with Crippen molar-refractivity contribution in [1.29, 1.82) is 0 Å². The van der Waals surface area contributed by atoms with Crippen LogP contribution in [0.25, 0.3) is 0 Å². The van der Waals surface area contributed by atoms with Gasteiger partial charge < -0.3 is 20.1 Å². The summed E-state index contributed by atoms with van der Waals surface area (Å²) in [6.07, 6.45) is 14.5. The molecule has 1 saturated heterocycles. The highest BCUT2D eigenvalue weighted by Gasteiger charge is 2.23. The summed E-state index contributed by atoms with van der Waals surface area (Å²) < 4.78 is 2.41. The fraction of sp³-hybridized carbons (Fsp3) is 0.864. The molecule has 9 heteroatoms. The number of halogens is 1. The van der Waals surface area contributed by atoms with Crippen molar-refractivity contribution in [2.75, 3.05) is 39.5 Å². The van der Waals surface area contributed by atoms with E-state index in [4.69, 9.17) is 0 Å². The molecule has 0 amide bonds. The van der Waals surface area contributed by atoms with Gasteiger partial charge in [-0.15, -0.1) is 34.2 Å². The molecule has 31 heavy (non-hydrogen) atoms. The Kier molecular flexibility index (Phi) is 12.5. The van der Waals surface area contributed by atoms with Crippen molar-refractivity contribution in [3.05, 3.63) is 5.82 Å². The third kappa shape index (κ3) is 8.07. The molecule has 2 aliphatic rings. The highest BCUT2D eigenvalue weighted by atomic mass is 127. The maximum absolute atomic E-state index is 4.49. The van der Waals surface area contributed by atoms with E-state index in [0.29, 0.717) is 6.04 Å². The quantitative estimate of drug-likeness (QED) is 0.147. The van der Waals surface area contributed by atoms with Gasteiger partial charge in [-0.3, -0.25) is 4.99 Å². The van der Waals surface area contributed by atoms with Crippen molar-refractivity contribution in [2.45, 2.75) is 88.4 Å². The number of aromatic nitrogens is 3. The zero-order chi connectivity index (χ0) is 21.2. The van der Waals surface area contributed by atoms with Gasteiger partial charge in [-0.2, -0.15) is 0 Å². The number of thioether (sulfide) groups is 1. The molecule has 1 aromatic rings. The first-order valence-corrected chi connectivity index (χ1v) is 13.1. The summed E-state index contributed by atoms with van der Waals surface area (Å²) in [4.78, 5) is 7.00. The second kappa shape index (κ2) is 14.6. The lowest BCUT2D eigenvalue weighted by molar-refractivity contribution is 0.159. The second-order valence-electron chi connectivity index (χ2n) is 8.67. The SMILES string of the molecule is CN=C(NCCCc1nnc(SC)n1C1CCCC1)NCCCN1CCCCC1C.I. The molecule has 0 bridgehead atoms. The third-order valence-electron chi connectivity index (χ3n) is 6.56. The molecule has 1 saturated carbocycles. The summed E-state index contributed by atoms with van der Waals surface area (Å²) in [5.74, 6) is 2.05. The zero-order valence-corrected chi connectivity index (χ0v) is 22.8. The number of hydrogen-bond acceptors (Lipinski definition) is 5. The van der Waals surface area contributed by atoms with Crippen LogP contribution in [-0.4, -0.2) is 71.1 Å². The predicted molar refractivity (Wildman–Crippen MR) is 142 cm³/mol. The third-order valence-corrected chi connectivity index (χ3v) is 7.20. The van der Waals surface area contributed by atoms with Gasteiger partial charge in [-0.25, -0.2) is 0 Å². The van der Waals surface area contributed by atoms with E-state index in [-0.39, 0.29) is 24.0 Å². The Morgan fingerprint density at radius 2 is 1.77 bits per heavy atom. The molecule has 2 heterocycles. The summed E-state index contributed by atoms with van der Waals surface area (Å²) in [6, 6.07) is 1.34. The number of aryl methyl sites for hydroxylation is 1. The van der Waals surface area contributed by atoms with E-state index in [1.54, 1.807) is 11.8 Å². The van der Waals surface area contributed by atoms with Crippen molar-refractivity contribution >= 4 is 41.7 Å². The highest BCUT2D eigenvalue weighted by molar-refractivity contribution is 14.0. The largest absolute Gasteiger partial charge is 0.356 e. The number of nitrogens with zero attached hydrogens (tertiary/aromatic N) is 5. The van der Waals surface area contributed by atoms with Gasteiger partial charge in [0.15, 0.2) is 11.1 Å². The molecule has 1 atom stereocenters. The highest BCUT2D eigenvalue weighted by Crippen LogP contribution is 2.33. The Labute approximate surface area is 210 Å².